The number of hydrogen-bond donors (Lipinski definition) is 2. The van der Waals surface area contributed by atoms with Crippen molar-refractivity contribution < 1.29 is 14.3 Å². The number of hydrogen-bond acceptors (Lipinski definition) is 3. The summed E-state index contributed by atoms with van der Waals surface area (Å²) in [5.41, 5.74) is 1.13. The van der Waals surface area contributed by atoms with Gasteiger partial charge >= 0.3 is 0 Å². The Kier molecular flexibility index (Phi) is 7.09. The molecule has 0 saturated heterocycles. The van der Waals surface area contributed by atoms with E-state index in [0.29, 0.717) is 32.5 Å². The van der Waals surface area contributed by atoms with Gasteiger partial charge in [-0.05, 0) is 31.0 Å². The van der Waals surface area contributed by atoms with Gasteiger partial charge in [-0.25, -0.2) is 0 Å². The minimum Gasteiger partial charge on any atom is -0.493 e. The van der Waals surface area contributed by atoms with E-state index in [1.54, 1.807) is 0 Å². The van der Waals surface area contributed by atoms with Crippen molar-refractivity contribution in [1.29, 1.82) is 0 Å². The first kappa shape index (κ1) is 15.0. The molecule has 1 rings (SSSR count). The Balaban J connectivity index is 2.08. The summed E-state index contributed by atoms with van der Waals surface area (Å²) < 4.78 is 5.48. The first-order chi connectivity index (χ1) is 9.22. The van der Waals surface area contributed by atoms with Crippen LogP contribution in [-0.2, 0) is 9.59 Å². The zero-order chi connectivity index (χ0) is 13.9. The zero-order valence-corrected chi connectivity index (χ0v) is 11.1. The van der Waals surface area contributed by atoms with Crippen molar-refractivity contribution in [2.24, 2.45) is 0 Å². The number of ether oxygens (including phenoxy) is 1. The Morgan fingerprint density at radius 1 is 1.37 bits per heavy atom. The number of aryl methyl sites for hydroxylation is 1. The van der Waals surface area contributed by atoms with Gasteiger partial charge in [0.1, 0.15) is 5.75 Å². The highest BCUT2D eigenvalue weighted by atomic mass is 16.5. The molecule has 0 spiro atoms. The van der Waals surface area contributed by atoms with E-state index in [-0.39, 0.29) is 5.91 Å². The highest BCUT2D eigenvalue weighted by Crippen LogP contribution is 2.12. The van der Waals surface area contributed by atoms with Crippen LogP contribution in [0.5, 0.6) is 5.75 Å². The monoisotopic (exact) mass is 264 g/mol. The molecule has 0 saturated carbocycles. The Hall–Kier alpha value is -2.04. The van der Waals surface area contributed by atoms with Crippen LogP contribution in [0, 0.1) is 6.92 Å². The lowest BCUT2D eigenvalue weighted by Gasteiger charge is -2.07. The molecule has 0 aliphatic carbocycles. The predicted octanol–water partition coefficient (Wildman–Crippen LogP) is 1.02. The highest BCUT2D eigenvalue weighted by Gasteiger charge is 2.01. The molecule has 0 heterocycles. The SMILES string of the molecule is Cc1cccc(OCCC(=O)NCCCNC=O)c1. The molecule has 0 aliphatic rings. The van der Waals surface area contributed by atoms with Gasteiger partial charge in [0.05, 0.1) is 13.0 Å². The molecule has 0 atom stereocenters. The van der Waals surface area contributed by atoms with E-state index in [1.165, 1.54) is 0 Å². The predicted molar refractivity (Wildman–Crippen MR) is 73.0 cm³/mol. The molecule has 2 N–H and O–H groups in total. The second kappa shape index (κ2) is 8.97. The maximum atomic E-state index is 11.5. The minimum atomic E-state index is -0.0428. The summed E-state index contributed by atoms with van der Waals surface area (Å²) in [7, 11) is 0. The molecule has 1 aromatic rings. The Morgan fingerprint density at radius 3 is 2.95 bits per heavy atom. The zero-order valence-electron chi connectivity index (χ0n) is 11.1. The largest absolute Gasteiger partial charge is 0.493 e. The van der Waals surface area contributed by atoms with Crippen LogP contribution in [0.3, 0.4) is 0 Å². The first-order valence-electron chi connectivity index (χ1n) is 6.35. The van der Waals surface area contributed by atoms with E-state index in [9.17, 15) is 9.59 Å². The Bertz CT molecular complexity index is 407. The van der Waals surface area contributed by atoms with Gasteiger partial charge in [-0.15, -0.1) is 0 Å². The summed E-state index contributed by atoms with van der Waals surface area (Å²) in [5, 5.41) is 5.30. The molecule has 0 unspecified atom stereocenters. The molecular weight excluding hydrogens is 244 g/mol. The molecule has 19 heavy (non-hydrogen) atoms. The summed E-state index contributed by atoms with van der Waals surface area (Å²) in [6.45, 7) is 3.49. The van der Waals surface area contributed by atoms with Crippen LogP contribution in [0.15, 0.2) is 24.3 Å². The fourth-order valence-electron chi connectivity index (χ4n) is 1.53. The first-order valence-corrected chi connectivity index (χ1v) is 6.35. The summed E-state index contributed by atoms with van der Waals surface area (Å²) in [6, 6.07) is 7.72. The minimum absolute atomic E-state index is 0.0428. The third-order valence-electron chi connectivity index (χ3n) is 2.49. The molecule has 0 fully saturated rings. The average molecular weight is 264 g/mol. The van der Waals surface area contributed by atoms with Crippen molar-refractivity contribution >= 4 is 12.3 Å². The summed E-state index contributed by atoms with van der Waals surface area (Å²) in [4.78, 5) is 21.4. The molecule has 1 aromatic carbocycles. The van der Waals surface area contributed by atoms with E-state index in [4.69, 9.17) is 4.74 Å². The third-order valence-corrected chi connectivity index (χ3v) is 2.49. The van der Waals surface area contributed by atoms with Crippen LogP contribution in [0.1, 0.15) is 18.4 Å². The van der Waals surface area contributed by atoms with Crippen molar-refractivity contribution in [3.05, 3.63) is 29.8 Å². The van der Waals surface area contributed by atoms with E-state index in [1.807, 2.05) is 31.2 Å². The van der Waals surface area contributed by atoms with Crippen LogP contribution in [0.4, 0.5) is 0 Å². The van der Waals surface area contributed by atoms with Gasteiger partial charge in [0, 0.05) is 13.1 Å². The molecule has 0 bridgehead atoms. The van der Waals surface area contributed by atoms with Crippen LogP contribution in [0.25, 0.3) is 0 Å². The fraction of sp³-hybridized carbons (Fsp3) is 0.429. The van der Waals surface area contributed by atoms with Crippen molar-refractivity contribution in [2.75, 3.05) is 19.7 Å². The van der Waals surface area contributed by atoms with Gasteiger partial charge in [0.15, 0.2) is 0 Å². The number of amides is 2. The molecule has 0 aromatic heterocycles. The summed E-state index contributed by atoms with van der Waals surface area (Å²) >= 11 is 0. The van der Waals surface area contributed by atoms with Crippen molar-refractivity contribution in [1.82, 2.24) is 10.6 Å². The molecular formula is C14H20N2O3. The Labute approximate surface area is 113 Å². The summed E-state index contributed by atoms with van der Waals surface area (Å²) in [6.07, 6.45) is 1.70. The fourth-order valence-corrected chi connectivity index (χ4v) is 1.53. The maximum Gasteiger partial charge on any atom is 0.223 e. The second-order valence-corrected chi connectivity index (χ2v) is 4.19. The van der Waals surface area contributed by atoms with E-state index >= 15 is 0 Å². The normalized spacial score (nSPS) is 9.74. The standard InChI is InChI=1S/C14H20N2O3/c1-12-4-2-5-13(10-12)19-9-6-14(18)16-8-3-7-15-11-17/h2,4-5,10-11H,3,6-9H2,1H3,(H,15,17)(H,16,18). The van der Waals surface area contributed by atoms with Gasteiger partial charge in [-0.3, -0.25) is 9.59 Å². The quantitative estimate of drug-likeness (QED) is 0.517. The number of nitrogens with one attached hydrogen (secondary N) is 2. The number of carbonyl (C=O) groups excluding carboxylic acids is 2. The van der Waals surface area contributed by atoms with Crippen LogP contribution in [-0.4, -0.2) is 32.0 Å². The molecule has 2 amide bonds. The van der Waals surface area contributed by atoms with E-state index < -0.39 is 0 Å². The number of benzene rings is 1. The van der Waals surface area contributed by atoms with E-state index in [0.717, 1.165) is 17.7 Å². The van der Waals surface area contributed by atoms with Gasteiger partial charge in [0.25, 0.3) is 0 Å². The summed E-state index contributed by atoms with van der Waals surface area (Å²) in [5.74, 6) is 0.738. The van der Waals surface area contributed by atoms with Gasteiger partial charge in [0.2, 0.25) is 12.3 Å². The van der Waals surface area contributed by atoms with Crippen molar-refractivity contribution in [3.8, 4) is 5.75 Å². The lowest BCUT2D eigenvalue weighted by molar-refractivity contribution is -0.121. The smallest absolute Gasteiger partial charge is 0.223 e. The van der Waals surface area contributed by atoms with Gasteiger partial charge in [-0.2, -0.15) is 0 Å². The van der Waals surface area contributed by atoms with Crippen molar-refractivity contribution in [3.63, 3.8) is 0 Å². The van der Waals surface area contributed by atoms with Crippen LogP contribution < -0.4 is 15.4 Å². The average Bonchev–Trinajstić information content (AvgIpc) is 2.38. The Morgan fingerprint density at radius 2 is 2.21 bits per heavy atom. The second-order valence-electron chi connectivity index (χ2n) is 4.19. The lowest BCUT2D eigenvalue weighted by Crippen LogP contribution is -2.28. The molecule has 5 nitrogen and oxygen atoms in total. The van der Waals surface area contributed by atoms with E-state index in [2.05, 4.69) is 10.6 Å². The van der Waals surface area contributed by atoms with Crippen molar-refractivity contribution in [2.45, 2.75) is 19.8 Å². The van der Waals surface area contributed by atoms with Crippen LogP contribution in [0.2, 0.25) is 0 Å². The van der Waals surface area contributed by atoms with Gasteiger partial charge in [-0.1, -0.05) is 12.1 Å². The topological polar surface area (TPSA) is 67.4 Å². The molecule has 104 valence electrons. The third kappa shape index (κ3) is 7.08. The number of rotatable bonds is 9. The molecule has 0 aliphatic heterocycles. The molecule has 0 radical (unpaired) electrons. The molecule has 5 heteroatoms. The maximum absolute atomic E-state index is 11.5. The highest BCUT2D eigenvalue weighted by molar-refractivity contribution is 5.75. The van der Waals surface area contributed by atoms with Crippen LogP contribution >= 0.6 is 0 Å². The lowest BCUT2D eigenvalue weighted by atomic mass is 10.2. The van der Waals surface area contributed by atoms with Gasteiger partial charge < -0.3 is 15.4 Å². The number of carbonyl (C=O) groups is 2.